The molecule has 4 nitrogen and oxygen atoms in total. The van der Waals surface area contributed by atoms with Gasteiger partial charge < -0.3 is 10.1 Å². The van der Waals surface area contributed by atoms with Crippen molar-refractivity contribution in [1.82, 2.24) is 5.32 Å². The Labute approximate surface area is 112 Å². The van der Waals surface area contributed by atoms with Crippen molar-refractivity contribution in [3.8, 4) is 0 Å². The first-order chi connectivity index (χ1) is 9.04. The minimum Gasteiger partial charge on any atom is -0.466 e. The molecule has 0 spiro atoms. The van der Waals surface area contributed by atoms with Crippen molar-refractivity contribution in [2.75, 3.05) is 13.2 Å². The summed E-state index contributed by atoms with van der Waals surface area (Å²) in [5, 5.41) is 2.65. The second-order valence-corrected chi connectivity index (χ2v) is 4.12. The fourth-order valence-corrected chi connectivity index (χ4v) is 1.60. The van der Waals surface area contributed by atoms with E-state index >= 15 is 0 Å². The number of esters is 1. The number of halogens is 1. The summed E-state index contributed by atoms with van der Waals surface area (Å²) in [6.45, 7) is 4.20. The Kier molecular flexibility index (Phi) is 5.99. The Morgan fingerprint density at radius 3 is 2.79 bits per heavy atom. The fraction of sp³-hybridized carbons (Fsp3) is 0.429. The van der Waals surface area contributed by atoms with Gasteiger partial charge in [-0.1, -0.05) is 6.07 Å². The molecule has 0 aromatic heterocycles. The lowest BCUT2D eigenvalue weighted by molar-refractivity contribution is -0.143. The van der Waals surface area contributed by atoms with E-state index in [1.165, 1.54) is 12.1 Å². The topological polar surface area (TPSA) is 55.4 Å². The average molecular weight is 267 g/mol. The van der Waals surface area contributed by atoms with Crippen LogP contribution in [0.5, 0.6) is 0 Å². The van der Waals surface area contributed by atoms with Crippen molar-refractivity contribution in [2.24, 2.45) is 0 Å². The maximum absolute atomic E-state index is 13.0. The van der Waals surface area contributed by atoms with Gasteiger partial charge in [-0.05, 0) is 38.0 Å². The molecule has 1 aromatic carbocycles. The second-order valence-electron chi connectivity index (χ2n) is 4.12. The molecule has 1 N–H and O–H groups in total. The molecule has 0 bridgehead atoms. The van der Waals surface area contributed by atoms with Crippen LogP contribution >= 0.6 is 0 Å². The zero-order valence-corrected chi connectivity index (χ0v) is 11.2. The number of ether oxygens (including phenoxy) is 1. The average Bonchev–Trinajstić information content (AvgIpc) is 2.37. The first-order valence-corrected chi connectivity index (χ1v) is 6.24. The van der Waals surface area contributed by atoms with Crippen molar-refractivity contribution in [3.63, 3.8) is 0 Å². The van der Waals surface area contributed by atoms with Crippen LogP contribution in [0.4, 0.5) is 4.39 Å². The molecule has 1 amide bonds. The summed E-state index contributed by atoms with van der Waals surface area (Å²) in [7, 11) is 0. The summed E-state index contributed by atoms with van der Waals surface area (Å²) in [6, 6.07) is 4.08. The van der Waals surface area contributed by atoms with Crippen molar-refractivity contribution >= 4 is 11.9 Å². The monoisotopic (exact) mass is 267 g/mol. The van der Waals surface area contributed by atoms with Gasteiger partial charge in [-0.15, -0.1) is 0 Å². The number of hydrogen-bond acceptors (Lipinski definition) is 3. The van der Waals surface area contributed by atoms with Gasteiger partial charge in [0.1, 0.15) is 5.82 Å². The van der Waals surface area contributed by atoms with E-state index in [2.05, 4.69) is 5.32 Å². The van der Waals surface area contributed by atoms with Gasteiger partial charge in [0.15, 0.2) is 0 Å². The highest BCUT2D eigenvalue weighted by atomic mass is 19.1. The van der Waals surface area contributed by atoms with Crippen molar-refractivity contribution < 1.29 is 18.7 Å². The van der Waals surface area contributed by atoms with Gasteiger partial charge in [0.2, 0.25) is 0 Å². The molecule has 5 heteroatoms. The maximum Gasteiger partial charge on any atom is 0.305 e. The molecule has 0 radical (unpaired) electrons. The first-order valence-electron chi connectivity index (χ1n) is 6.24. The quantitative estimate of drug-likeness (QED) is 0.635. The van der Waals surface area contributed by atoms with Crippen molar-refractivity contribution in [1.29, 1.82) is 0 Å². The summed E-state index contributed by atoms with van der Waals surface area (Å²) < 4.78 is 17.8. The van der Waals surface area contributed by atoms with E-state index in [0.29, 0.717) is 30.7 Å². The number of benzene rings is 1. The minimum absolute atomic E-state index is 0.260. The van der Waals surface area contributed by atoms with Gasteiger partial charge in [-0.3, -0.25) is 9.59 Å². The molecule has 0 atom stereocenters. The molecule has 1 aromatic rings. The highest BCUT2D eigenvalue weighted by Gasteiger charge is 2.09. The van der Waals surface area contributed by atoms with E-state index in [9.17, 15) is 14.0 Å². The molecule has 0 saturated heterocycles. The number of amides is 1. The normalized spacial score (nSPS) is 10.1. The predicted octanol–water partition coefficient (Wildman–Crippen LogP) is 2.21. The van der Waals surface area contributed by atoms with E-state index in [1.54, 1.807) is 19.9 Å². The molecule has 0 heterocycles. The number of carbonyl (C=O) groups excluding carboxylic acids is 2. The predicted molar refractivity (Wildman–Crippen MR) is 69.3 cm³/mol. The molecule has 0 aliphatic heterocycles. The molecule has 0 aliphatic carbocycles. The number of rotatable bonds is 6. The van der Waals surface area contributed by atoms with E-state index in [4.69, 9.17) is 4.74 Å². The number of nitrogens with one attached hydrogen (secondary N) is 1. The Hall–Kier alpha value is -1.91. The Morgan fingerprint density at radius 2 is 2.11 bits per heavy atom. The molecule has 0 unspecified atom stereocenters. The van der Waals surface area contributed by atoms with Crippen LogP contribution in [-0.2, 0) is 9.53 Å². The standard InChI is InChI=1S/C14H18FNO3/c1-3-19-13(17)5-4-8-16-14(18)12-9-11(15)7-6-10(12)2/h6-7,9H,3-5,8H2,1-2H3,(H,16,18). The third-order valence-electron chi connectivity index (χ3n) is 2.59. The third-order valence-corrected chi connectivity index (χ3v) is 2.59. The van der Waals surface area contributed by atoms with Crippen LogP contribution in [0.1, 0.15) is 35.7 Å². The highest BCUT2D eigenvalue weighted by molar-refractivity contribution is 5.95. The summed E-state index contributed by atoms with van der Waals surface area (Å²) >= 11 is 0. The number of hydrogen-bond donors (Lipinski definition) is 1. The third kappa shape index (κ3) is 5.07. The number of aryl methyl sites for hydroxylation is 1. The summed E-state index contributed by atoms with van der Waals surface area (Å²) in [5.74, 6) is -1.05. The Balaban J connectivity index is 2.39. The van der Waals surface area contributed by atoms with Crippen LogP contribution in [-0.4, -0.2) is 25.0 Å². The van der Waals surface area contributed by atoms with Crippen LogP contribution in [0.25, 0.3) is 0 Å². The highest BCUT2D eigenvalue weighted by Crippen LogP contribution is 2.09. The van der Waals surface area contributed by atoms with Crippen molar-refractivity contribution in [2.45, 2.75) is 26.7 Å². The first kappa shape index (κ1) is 15.1. The molecular formula is C14H18FNO3. The summed E-state index contributed by atoms with van der Waals surface area (Å²) in [5.41, 5.74) is 1.03. The number of carbonyl (C=O) groups is 2. The molecule has 0 fully saturated rings. The Morgan fingerprint density at radius 1 is 1.37 bits per heavy atom. The molecular weight excluding hydrogens is 249 g/mol. The van der Waals surface area contributed by atoms with Gasteiger partial charge in [0.05, 0.1) is 6.61 Å². The molecule has 104 valence electrons. The van der Waals surface area contributed by atoms with Crippen molar-refractivity contribution in [3.05, 3.63) is 35.1 Å². The summed E-state index contributed by atoms with van der Waals surface area (Å²) in [6.07, 6.45) is 0.759. The van der Waals surface area contributed by atoms with Gasteiger partial charge in [0, 0.05) is 18.5 Å². The largest absolute Gasteiger partial charge is 0.466 e. The van der Waals surface area contributed by atoms with Gasteiger partial charge in [-0.2, -0.15) is 0 Å². The zero-order chi connectivity index (χ0) is 14.3. The lowest BCUT2D eigenvalue weighted by atomic mass is 10.1. The zero-order valence-electron chi connectivity index (χ0n) is 11.2. The van der Waals surface area contributed by atoms with Crippen LogP contribution < -0.4 is 5.32 Å². The summed E-state index contributed by atoms with van der Waals surface area (Å²) in [4.78, 5) is 22.9. The van der Waals surface area contributed by atoms with Crippen LogP contribution in [0.2, 0.25) is 0 Å². The van der Waals surface area contributed by atoms with E-state index < -0.39 is 5.82 Å². The minimum atomic E-state index is -0.442. The van der Waals surface area contributed by atoms with Gasteiger partial charge >= 0.3 is 5.97 Å². The SMILES string of the molecule is CCOC(=O)CCCNC(=O)c1cc(F)ccc1C. The molecule has 0 aliphatic rings. The molecule has 19 heavy (non-hydrogen) atoms. The van der Waals surface area contributed by atoms with Crippen LogP contribution in [0.3, 0.4) is 0 Å². The lowest BCUT2D eigenvalue weighted by Gasteiger charge is -2.07. The maximum atomic E-state index is 13.0. The fourth-order valence-electron chi connectivity index (χ4n) is 1.60. The van der Waals surface area contributed by atoms with Gasteiger partial charge in [-0.25, -0.2) is 4.39 Å². The van der Waals surface area contributed by atoms with Crippen LogP contribution in [0.15, 0.2) is 18.2 Å². The molecule has 1 rings (SSSR count). The second kappa shape index (κ2) is 7.51. The van der Waals surface area contributed by atoms with Crippen LogP contribution in [0, 0.1) is 12.7 Å². The van der Waals surface area contributed by atoms with E-state index in [1.807, 2.05) is 0 Å². The lowest BCUT2D eigenvalue weighted by Crippen LogP contribution is -2.25. The van der Waals surface area contributed by atoms with E-state index in [-0.39, 0.29) is 18.3 Å². The van der Waals surface area contributed by atoms with Gasteiger partial charge in [0.25, 0.3) is 5.91 Å². The van der Waals surface area contributed by atoms with E-state index in [0.717, 1.165) is 0 Å². The molecule has 0 saturated carbocycles. The Bertz CT molecular complexity index is 460. The smallest absolute Gasteiger partial charge is 0.305 e.